The lowest BCUT2D eigenvalue weighted by Gasteiger charge is -2.35. The van der Waals surface area contributed by atoms with Crippen molar-refractivity contribution in [1.82, 2.24) is 20.4 Å². The molecule has 0 fully saturated rings. The molecule has 1 atom stereocenters. The van der Waals surface area contributed by atoms with E-state index in [1.807, 2.05) is 79.7 Å². The average molecular weight is 467 g/mol. The molecule has 0 aliphatic carbocycles. The first kappa shape index (κ1) is 22.4. The Hall–Kier alpha value is -4.39. The fourth-order valence-corrected chi connectivity index (χ4v) is 4.30. The van der Waals surface area contributed by atoms with Gasteiger partial charge in [0.15, 0.2) is 0 Å². The molecule has 1 aromatic heterocycles. The third-order valence-electron chi connectivity index (χ3n) is 6.20. The molecule has 1 unspecified atom stereocenters. The lowest BCUT2D eigenvalue weighted by atomic mass is 9.94. The molecule has 5 rings (SSSR count). The summed E-state index contributed by atoms with van der Waals surface area (Å²) in [6, 6.07) is 26.9. The number of urea groups is 1. The SMILES string of the molecule is COc1ccc(-c2noc(C3=C(C)N(CCc4ccccc4)C(=O)NC3c3ccccc3)n2)cc1. The van der Waals surface area contributed by atoms with Gasteiger partial charge in [0.25, 0.3) is 5.89 Å². The molecule has 0 radical (unpaired) electrons. The molecule has 0 bridgehead atoms. The summed E-state index contributed by atoms with van der Waals surface area (Å²) in [5.74, 6) is 1.61. The summed E-state index contributed by atoms with van der Waals surface area (Å²) in [5.41, 5.74) is 4.51. The van der Waals surface area contributed by atoms with Crippen LogP contribution in [0.4, 0.5) is 4.79 Å². The van der Waals surface area contributed by atoms with Crippen LogP contribution < -0.4 is 10.1 Å². The van der Waals surface area contributed by atoms with Crippen molar-refractivity contribution in [2.45, 2.75) is 19.4 Å². The lowest BCUT2D eigenvalue weighted by Crippen LogP contribution is -2.46. The van der Waals surface area contributed by atoms with Crippen molar-refractivity contribution < 1.29 is 14.1 Å². The summed E-state index contributed by atoms with van der Waals surface area (Å²) in [6.07, 6.45) is 0.732. The van der Waals surface area contributed by atoms with E-state index in [2.05, 4.69) is 22.6 Å². The van der Waals surface area contributed by atoms with Gasteiger partial charge in [-0.05, 0) is 48.7 Å². The molecule has 1 aliphatic rings. The minimum Gasteiger partial charge on any atom is -0.497 e. The Balaban J connectivity index is 1.52. The number of nitrogens with zero attached hydrogens (tertiary/aromatic N) is 3. The number of ether oxygens (including phenoxy) is 1. The van der Waals surface area contributed by atoms with E-state index in [1.165, 1.54) is 5.56 Å². The Morgan fingerprint density at radius 1 is 0.971 bits per heavy atom. The van der Waals surface area contributed by atoms with Crippen molar-refractivity contribution in [3.63, 3.8) is 0 Å². The van der Waals surface area contributed by atoms with Gasteiger partial charge in [-0.2, -0.15) is 4.98 Å². The molecule has 176 valence electrons. The van der Waals surface area contributed by atoms with Gasteiger partial charge < -0.3 is 14.6 Å². The first-order chi connectivity index (χ1) is 17.1. The van der Waals surface area contributed by atoms with Gasteiger partial charge in [0, 0.05) is 17.8 Å². The number of aromatic nitrogens is 2. The van der Waals surface area contributed by atoms with Crippen LogP contribution >= 0.6 is 0 Å². The summed E-state index contributed by atoms with van der Waals surface area (Å²) in [7, 11) is 1.63. The zero-order chi connectivity index (χ0) is 24.2. The van der Waals surface area contributed by atoms with Crippen LogP contribution in [0.2, 0.25) is 0 Å². The Morgan fingerprint density at radius 3 is 2.34 bits per heavy atom. The highest BCUT2D eigenvalue weighted by Gasteiger charge is 2.35. The van der Waals surface area contributed by atoms with Gasteiger partial charge in [-0.1, -0.05) is 65.8 Å². The van der Waals surface area contributed by atoms with Crippen LogP contribution in [0.1, 0.15) is 30.0 Å². The van der Waals surface area contributed by atoms with Crippen LogP contribution in [0, 0.1) is 0 Å². The minimum atomic E-state index is -0.402. The van der Waals surface area contributed by atoms with Crippen LogP contribution in [-0.2, 0) is 6.42 Å². The van der Waals surface area contributed by atoms with Gasteiger partial charge >= 0.3 is 6.03 Å². The first-order valence-corrected chi connectivity index (χ1v) is 11.5. The Bertz CT molecular complexity index is 1330. The highest BCUT2D eigenvalue weighted by Crippen LogP contribution is 2.37. The standard InChI is InChI=1S/C28H26N4O3/c1-19-24(27-30-26(31-35-27)22-13-15-23(34-2)16-14-22)25(21-11-7-4-8-12-21)29-28(33)32(19)18-17-20-9-5-3-6-10-20/h3-16,25H,17-18H2,1-2H3,(H,29,33). The molecule has 0 spiro atoms. The summed E-state index contributed by atoms with van der Waals surface area (Å²) >= 11 is 0. The molecular formula is C28H26N4O3. The maximum atomic E-state index is 13.2. The van der Waals surface area contributed by atoms with Gasteiger partial charge in [0.1, 0.15) is 5.75 Å². The molecule has 3 aromatic carbocycles. The third-order valence-corrected chi connectivity index (χ3v) is 6.20. The molecule has 7 heteroatoms. The Labute approximate surface area is 204 Å². The number of rotatable bonds is 7. The van der Waals surface area contributed by atoms with E-state index in [0.717, 1.165) is 34.6 Å². The van der Waals surface area contributed by atoms with E-state index in [-0.39, 0.29) is 6.03 Å². The summed E-state index contributed by atoms with van der Waals surface area (Å²) in [5, 5.41) is 7.37. The highest BCUT2D eigenvalue weighted by molar-refractivity contribution is 5.86. The maximum Gasteiger partial charge on any atom is 0.322 e. The number of hydrogen-bond donors (Lipinski definition) is 1. The minimum absolute atomic E-state index is 0.147. The number of methoxy groups -OCH3 is 1. The normalized spacial score (nSPS) is 15.8. The maximum absolute atomic E-state index is 13.2. The summed E-state index contributed by atoms with van der Waals surface area (Å²) < 4.78 is 11.0. The number of amides is 2. The van der Waals surface area contributed by atoms with Crippen molar-refractivity contribution >= 4 is 11.6 Å². The molecule has 1 N–H and O–H groups in total. The van der Waals surface area contributed by atoms with Crippen molar-refractivity contribution in [1.29, 1.82) is 0 Å². The molecule has 4 aromatic rings. The fraction of sp³-hybridized carbons (Fsp3) is 0.179. The largest absolute Gasteiger partial charge is 0.497 e. The van der Waals surface area contributed by atoms with E-state index in [0.29, 0.717) is 18.3 Å². The van der Waals surface area contributed by atoms with Gasteiger partial charge in [-0.15, -0.1) is 0 Å². The number of allylic oxidation sites excluding steroid dienone is 1. The Morgan fingerprint density at radius 2 is 1.66 bits per heavy atom. The molecule has 35 heavy (non-hydrogen) atoms. The first-order valence-electron chi connectivity index (χ1n) is 11.5. The van der Waals surface area contributed by atoms with Gasteiger partial charge in [0.05, 0.1) is 18.7 Å². The molecule has 0 saturated heterocycles. The van der Waals surface area contributed by atoms with Crippen LogP contribution in [0.25, 0.3) is 17.0 Å². The summed E-state index contributed by atoms with van der Waals surface area (Å²) in [6.45, 7) is 2.47. The highest BCUT2D eigenvalue weighted by atomic mass is 16.5. The van der Waals surface area contributed by atoms with Crippen LogP contribution in [-0.4, -0.2) is 34.7 Å². The predicted octanol–water partition coefficient (Wildman–Crippen LogP) is 5.49. The Kier molecular flexibility index (Phi) is 6.30. The molecule has 0 saturated carbocycles. The quantitative estimate of drug-likeness (QED) is 0.390. The van der Waals surface area contributed by atoms with Crippen LogP contribution in [0.15, 0.2) is 95.1 Å². The zero-order valence-electron chi connectivity index (χ0n) is 19.6. The van der Waals surface area contributed by atoms with Crippen molar-refractivity contribution in [2.24, 2.45) is 0 Å². The lowest BCUT2D eigenvalue weighted by molar-refractivity contribution is 0.205. The second kappa shape index (κ2) is 9.85. The zero-order valence-corrected chi connectivity index (χ0v) is 19.6. The number of carbonyl (C=O) groups excluding carboxylic acids is 1. The number of hydrogen-bond acceptors (Lipinski definition) is 5. The van der Waals surface area contributed by atoms with Crippen LogP contribution in [0.3, 0.4) is 0 Å². The van der Waals surface area contributed by atoms with Gasteiger partial charge in [-0.25, -0.2) is 4.79 Å². The van der Waals surface area contributed by atoms with E-state index < -0.39 is 6.04 Å². The molecule has 7 nitrogen and oxygen atoms in total. The van der Waals surface area contributed by atoms with Crippen molar-refractivity contribution in [2.75, 3.05) is 13.7 Å². The predicted molar refractivity (Wildman–Crippen MR) is 133 cm³/mol. The van der Waals surface area contributed by atoms with Gasteiger partial charge in [-0.3, -0.25) is 4.90 Å². The van der Waals surface area contributed by atoms with E-state index in [9.17, 15) is 4.79 Å². The fourth-order valence-electron chi connectivity index (χ4n) is 4.30. The summed E-state index contributed by atoms with van der Waals surface area (Å²) in [4.78, 5) is 19.6. The smallest absolute Gasteiger partial charge is 0.322 e. The van der Waals surface area contributed by atoms with Crippen LogP contribution in [0.5, 0.6) is 5.75 Å². The topological polar surface area (TPSA) is 80.5 Å². The monoisotopic (exact) mass is 466 g/mol. The molecule has 2 amide bonds. The second-order valence-electron chi connectivity index (χ2n) is 8.33. The average Bonchev–Trinajstić information content (AvgIpc) is 3.39. The van der Waals surface area contributed by atoms with Gasteiger partial charge in [0.2, 0.25) is 5.82 Å². The van der Waals surface area contributed by atoms with Crippen molar-refractivity contribution in [3.8, 4) is 17.1 Å². The van der Waals surface area contributed by atoms with Crippen molar-refractivity contribution in [3.05, 3.63) is 108 Å². The van der Waals surface area contributed by atoms with E-state index >= 15 is 0 Å². The number of carbonyl (C=O) groups is 1. The number of benzene rings is 3. The second-order valence-corrected chi connectivity index (χ2v) is 8.33. The molecule has 1 aliphatic heterocycles. The number of nitrogens with one attached hydrogen (secondary N) is 1. The van der Waals surface area contributed by atoms with E-state index in [4.69, 9.17) is 14.2 Å². The third kappa shape index (κ3) is 4.66. The molecular weight excluding hydrogens is 440 g/mol. The van der Waals surface area contributed by atoms with E-state index in [1.54, 1.807) is 12.0 Å². The molecule has 2 heterocycles.